The average Bonchev–Trinajstić information content (AvgIpc) is 2.67. The summed E-state index contributed by atoms with van der Waals surface area (Å²) in [6.45, 7) is 11.1. The van der Waals surface area contributed by atoms with Gasteiger partial charge in [0.05, 0.1) is 5.41 Å². The number of carboxylic acids is 1. The Kier molecular flexibility index (Phi) is 3.33. The van der Waals surface area contributed by atoms with E-state index in [2.05, 4.69) is 31.7 Å². The summed E-state index contributed by atoms with van der Waals surface area (Å²) in [6.07, 6.45) is 0. The van der Waals surface area contributed by atoms with Gasteiger partial charge in [-0.05, 0) is 38.8 Å². The van der Waals surface area contributed by atoms with E-state index in [1.807, 2.05) is 12.1 Å². The molecule has 3 heteroatoms. The Morgan fingerprint density at radius 1 is 1.42 bits per heavy atom. The van der Waals surface area contributed by atoms with E-state index in [4.69, 9.17) is 0 Å². The highest BCUT2D eigenvalue weighted by Crippen LogP contribution is 2.44. The fourth-order valence-electron chi connectivity index (χ4n) is 2.85. The Morgan fingerprint density at radius 3 is 2.58 bits per heavy atom. The minimum absolute atomic E-state index is 0.384. The summed E-state index contributed by atoms with van der Waals surface area (Å²) in [5.41, 5.74) is 2.48. The van der Waals surface area contributed by atoms with Gasteiger partial charge < -0.3 is 10.0 Å². The van der Waals surface area contributed by atoms with E-state index in [9.17, 15) is 9.90 Å². The first kappa shape index (κ1) is 13.9. The van der Waals surface area contributed by atoms with Crippen molar-refractivity contribution in [2.24, 2.45) is 0 Å². The number of aliphatic carboxylic acids is 1. The Morgan fingerprint density at radius 2 is 2.05 bits per heavy atom. The molecule has 1 heterocycles. The Bertz CT molecular complexity index is 505. The van der Waals surface area contributed by atoms with Crippen molar-refractivity contribution in [1.29, 1.82) is 0 Å². The number of fused-ring (bicyclic) bond motifs is 1. The molecule has 19 heavy (non-hydrogen) atoms. The van der Waals surface area contributed by atoms with Crippen LogP contribution in [-0.2, 0) is 10.2 Å². The number of anilines is 1. The molecule has 1 aliphatic heterocycles. The van der Waals surface area contributed by atoms with Crippen LogP contribution in [0.4, 0.5) is 5.69 Å². The summed E-state index contributed by atoms with van der Waals surface area (Å²) < 4.78 is 0. The van der Waals surface area contributed by atoms with E-state index < -0.39 is 11.4 Å². The molecule has 1 aliphatic rings. The number of para-hydroxylation sites is 1. The monoisotopic (exact) mass is 261 g/mol. The molecule has 1 unspecified atom stereocenters. The number of hydrogen-bond donors (Lipinski definition) is 1. The summed E-state index contributed by atoms with van der Waals surface area (Å²) in [7, 11) is 0. The maximum atomic E-state index is 11.6. The predicted octanol–water partition coefficient (Wildman–Crippen LogP) is 3.38. The fraction of sp³-hybridized carbons (Fsp3) is 0.562. The van der Waals surface area contributed by atoms with Crippen LogP contribution in [0.3, 0.4) is 0 Å². The van der Waals surface area contributed by atoms with E-state index in [0.717, 1.165) is 17.8 Å². The third-order valence-corrected chi connectivity index (χ3v) is 4.19. The first-order valence-electron chi connectivity index (χ1n) is 6.90. The van der Waals surface area contributed by atoms with Crippen LogP contribution in [0.15, 0.2) is 18.2 Å². The van der Waals surface area contributed by atoms with Crippen LogP contribution >= 0.6 is 0 Å². The third kappa shape index (κ3) is 2.11. The van der Waals surface area contributed by atoms with Crippen molar-refractivity contribution in [2.75, 3.05) is 11.4 Å². The van der Waals surface area contributed by atoms with Crippen LogP contribution in [-0.4, -0.2) is 23.7 Å². The summed E-state index contributed by atoms with van der Waals surface area (Å²) in [6, 6.07) is 6.46. The smallest absolute Gasteiger partial charge is 0.313 e. The molecule has 1 aromatic rings. The van der Waals surface area contributed by atoms with E-state index >= 15 is 0 Å². The lowest BCUT2D eigenvalue weighted by atomic mass is 9.82. The maximum absolute atomic E-state index is 11.6. The van der Waals surface area contributed by atoms with Gasteiger partial charge in [0.1, 0.15) is 0 Å². The summed E-state index contributed by atoms with van der Waals surface area (Å²) in [4.78, 5) is 13.9. The van der Waals surface area contributed by atoms with E-state index in [0.29, 0.717) is 12.0 Å². The molecule has 1 atom stereocenters. The zero-order valence-electron chi connectivity index (χ0n) is 12.4. The molecule has 2 rings (SSSR count). The van der Waals surface area contributed by atoms with Gasteiger partial charge in [0.2, 0.25) is 0 Å². The Balaban J connectivity index is 2.63. The zero-order valence-corrected chi connectivity index (χ0v) is 12.4. The number of benzene rings is 1. The topological polar surface area (TPSA) is 40.5 Å². The molecule has 0 saturated heterocycles. The lowest BCUT2D eigenvalue weighted by Gasteiger charge is -2.30. The molecule has 1 aromatic carbocycles. The molecule has 0 radical (unpaired) electrons. The van der Waals surface area contributed by atoms with E-state index in [1.165, 1.54) is 5.56 Å². The lowest BCUT2D eigenvalue weighted by Crippen LogP contribution is -2.34. The number of carbonyl (C=O) groups is 1. The molecule has 0 bridgehead atoms. The lowest BCUT2D eigenvalue weighted by molar-refractivity contribution is -0.142. The second kappa shape index (κ2) is 4.55. The molecular formula is C16H23NO2. The number of carboxylic acid groups (broad SMARTS) is 1. The number of hydrogen-bond acceptors (Lipinski definition) is 2. The van der Waals surface area contributed by atoms with Crippen molar-refractivity contribution in [3.8, 4) is 0 Å². The number of rotatable bonds is 3. The molecule has 0 amide bonds. The molecule has 0 aromatic heterocycles. The van der Waals surface area contributed by atoms with Crippen molar-refractivity contribution >= 4 is 11.7 Å². The zero-order chi connectivity index (χ0) is 14.4. The van der Waals surface area contributed by atoms with Crippen molar-refractivity contribution in [3.63, 3.8) is 0 Å². The third-order valence-electron chi connectivity index (χ3n) is 4.19. The van der Waals surface area contributed by atoms with Crippen molar-refractivity contribution in [1.82, 2.24) is 0 Å². The Hall–Kier alpha value is -1.51. The van der Waals surface area contributed by atoms with Gasteiger partial charge >= 0.3 is 5.97 Å². The molecule has 104 valence electrons. The molecule has 0 aliphatic carbocycles. The van der Waals surface area contributed by atoms with Crippen LogP contribution in [0.5, 0.6) is 0 Å². The average molecular weight is 261 g/mol. The second-order valence-corrected chi connectivity index (χ2v) is 6.32. The largest absolute Gasteiger partial charge is 0.481 e. The maximum Gasteiger partial charge on any atom is 0.313 e. The van der Waals surface area contributed by atoms with Gasteiger partial charge in [0.25, 0.3) is 0 Å². The van der Waals surface area contributed by atoms with Crippen LogP contribution in [0, 0.1) is 0 Å². The SMILES string of the molecule is CC1CN(C(C)C)c2c1cccc2C(C)(C)C(=O)O. The second-order valence-electron chi connectivity index (χ2n) is 6.32. The van der Waals surface area contributed by atoms with Gasteiger partial charge in [-0.3, -0.25) is 4.79 Å². The minimum Gasteiger partial charge on any atom is -0.481 e. The molecule has 0 fully saturated rings. The van der Waals surface area contributed by atoms with Gasteiger partial charge in [-0.15, -0.1) is 0 Å². The molecule has 1 N–H and O–H groups in total. The highest BCUT2D eigenvalue weighted by atomic mass is 16.4. The quantitative estimate of drug-likeness (QED) is 0.906. The predicted molar refractivity (Wildman–Crippen MR) is 78.0 cm³/mol. The van der Waals surface area contributed by atoms with E-state index in [-0.39, 0.29) is 0 Å². The standard InChI is InChI=1S/C16H23NO2/c1-10(2)17-9-11(3)12-7-6-8-13(14(12)17)16(4,5)15(18)19/h6-8,10-11H,9H2,1-5H3,(H,18,19). The number of nitrogens with zero attached hydrogens (tertiary/aromatic N) is 1. The Labute approximate surface area is 115 Å². The van der Waals surface area contributed by atoms with Crippen molar-refractivity contribution in [3.05, 3.63) is 29.3 Å². The van der Waals surface area contributed by atoms with Crippen molar-refractivity contribution < 1.29 is 9.90 Å². The van der Waals surface area contributed by atoms with Gasteiger partial charge in [-0.25, -0.2) is 0 Å². The normalized spacial score (nSPS) is 18.8. The van der Waals surface area contributed by atoms with Gasteiger partial charge in [0.15, 0.2) is 0 Å². The van der Waals surface area contributed by atoms with Crippen molar-refractivity contribution in [2.45, 2.75) is 52.0 Å². The summed E-state index contributed by atoms with van der Waals surface area (Å²) in [5, 5.41) is 9.50. The van der Waals surface area contributed by atoms with Crippen LogP contribution < -0.4 is 4.90 Å². The molecule has 3 nitrogen and oxygen atoms in total. The summed E-state index contributed by atoms with van der Waals surface area (Å²) in [5.74, 6) is -0.314. The van der Waals surface area contributed by atoms with E-state index in [1.54, 1.807) is 13.8 Å². The highest BCUT2D eigenvalue weighted by molar-refractivity contribution is 5.84. The van der Waals surface area contributed by atoms with Crippen LogP contribution in [0.1, 0.15) is 51.7 Å². The highest BCUT2D eigenvalue weighted by Gasteiger charge is 2.38. The molecule has 0 spiro atoms. The first-order chi connectivity index (χ1) is 8.76. The molecular weight excluding hydrogens is 238 g/mol. The van der Waals surface area contributed by atoms with Crippen LogP contribution in [0.25, 0.3) is 0 Å². The van der Waals surface area contributed by atoms with Gasteiger partial charge in [-0.2, -0.15) is 0 Å². The fourth-order valence-corrected chi connectivity index (χ4v) is 2.85. The minimum atomic E-state index is -0.859. The molecule has 0 saturated carbocycles. The summed E-state index contributed by atoms with van der Waals surface area (Å²) >= 11 is 0. The first-order valence-corrected chi connectivity index (χ1v) is 6.90. The van der Waals surface area contributed by atoms with Crippen LogP contribution in [0.2, 0.25) is 0 Å². The van der Waals surface area contributed by atoms with Gasteiger partial charge in [0, 0.05) is 24.2 Å². The van der Waals surface area contributed by atoms with Gasteiger partial charge in [-0.1, -0.05) is 25.1 Å².